The molecule has 2 aliphatic rings. The van der Waals surface area contributed by atoms with Crippen LogP contribution in [0.25, 0.3) is 0 Å². The fourth-order valence-electron chi connectivity index (χ4n) is 2.73. The maximum atomic E-state index is 5.77. The largest absolute Gasteiger partial charge is 0.378 e. The average molecular weight is 240 g/mol. The standard InChI is InChI=1S/C14H28N2O/c1-3-4-14-11-12(7-10-17-14)15-8-9-16(2)13-5-6-13/h12-15H,3-11H2,1-2H3. The molecule has 0 aromatic rings. The van der Waals surface area contributed by atoms with E-state index in [2.05, 4.69) is 24.2 Å². The summed E-state index contributed by atoms with van der Waals surface area (Å²) in [6.45, 7) is 5.52. The van der Waals surface area contributed by atoms with Crippen molar-refractivity contribution in [3.8, 4) is 0 Å². The Kier molecular flexibility index (Phi) is 5.26. The first-order chi connectivity index (χ1) is 8.29. The second-order valence-corrected chi connectivity index (χ2v) is 5.67. The molecule has 1 saturated carbocycles. The van der Waals surface area contributed by atoms with Crippen LogP contribution < -0.4 is 5.32 Å². The SMILES string of the molecule is CCCC1CC(NCCN(C)C2CC2)CCO1. The van der Waals surface area contributed by atoms with Crippen molar-refractivity contribution < 1.29 is 4.74 Å². The highest BCUT2D eigenvalue weighted by Crippen LogP contribution is 2.24. The fraction of sp³-hybridized carbons (Fsp3) is 1.00. The third-order valence-electron chi connectivity index (χ3n) is 4.05. The second kappa shape index (κ2) is 6.72. The van der Waals surface area contributed by atoms with Gasteiger partial charge in [-0.2, -0.15) is 0 Å². The molecule has 0 aromatic carbocycles. The van der Waals surface area contributed by atoms with Crippen LogP contribution in [-0.4, -0.2) is 49.8 Å². The van der Waals surface area contributed by atoms with E-state index in [-0.39, 0.29) is 0 Å². The molecule has 1 heterocycles. The lowest BCUT2D eigenvalue weighted by Crippen LogP contribution is -2.42. The maximum Gasteiger partial charge on any atom is 0.0589 e. The molecule has 2 atom stereocenters. The van der Waals surface area contributed by atoms with Crippen LogP contribution >= 0.6 is 0 Å². The summed E-state index contributed by atoms with van der Waals surface area (Å²) in [5.41, 5.74) is 0. The number of likely N-dealkylation sites (N-methyl/N-ethyl adjacent to an activating group) is 1. The summed E-state index contributed by atoms with van der Waals surface area (Å²) in [5, 5.41) is 3.70. The van der Waals surface area contributed by atoms with Gasteiger partial charge in [0.1, 0.15) is 0 Å². The van der Waals surface area contributed by atoms with E-state index in [0.29, 0.717) is 12.1 Å². The first-order valence-electron chi connectivity index (χ1n) is 7.34. The maximum absolute atomic E-state index is 5.77. The lowest BCUT2D eigenvalue weighted by atomic mass is 10.0. The third-order valence-corrected chi connectivity index (χ3v) is 4.05. The number of nitrogens with zero attached hydrogens (tertiary/aromatic N) is 1. The summed E-state index contributed by atoms with van der Waals surface area (Å²) in [6, 6.07) is 1.58. The molecule has 100 valence electrons. The summed E-state index contributed by atoms with van der Waals surface area (Å²) in [4.78, 5) is 2.50. The van der Waals surface area contributed by atoms with E-state index in [0.717, 1.165) is 19.2 Å². The Morgan fingerprint density at radius 1 is 1.29 bits per heavy atom. The Balaban J connectivity index is 1.57. The van der Waals surface area contributed by atoms with Crippen LogP contribution in [0.5, 0.6) is 0 Å². The van der Waals surface area contributed by atoms with E-state index in [1.165, 1.54) is 45.1 Å². The number of hydrogen-bond donors (Lipinski definition) is 1. The van der Waals surface area contributed by atoms with Crippen LogP contribution in [0.3, 0.4) is 0 Å². The van der Waals surface area contributed by atoms with Crippen molar-refractivity contribution in [3.05, 3.63) is 0 Å². The Bertz CT molecular complexity index is 216. The van der Waals surface area contributed by atoms with E-state index < -0.39 is 0 Å². The van der Waals surface area contributed by atoms with E-state index >= 15 is 0 Å². The molecule has 1 aliphatic carbocycles. The molecule has 0 amide bonds. The van der Waals surface area contributed by atoms with Crippen molar-refractivity contribution in [2.24, 2.45) is 0 Å². The Morgan fingerprint density at radius 3 is 2.82 bits per heavy atom. The van der Waals surface area contributed by atoms with Crippen molar-refractivity contribution in [2.75, 3.05) is 26.7 Å². The first kappa shape index (κ1) is 13.3. The highest BCUT2D eigenvalue weighted by Gasteiger charge is 2.26. The molecule has 1 N–H and O–H groups in total. The second-order valence-electron chi connectivity index (χ2n) is 5.67. The van der Waals surface area contributed by atoms with Gasteiger partial charge in [0.05, 0.1) is 6.10 Å². The Labute approximate surface area is 106 Å². The molecule has 2 unspecified atom stereocenters. The van der Waals surface area contributed by atoms with Crippen molar-refractivity contribution in [3.63, 3.8) is 0 Å². The van der Waals surface area contributed by atoms with Crippen molar-refractivity contribution >= 4 is 0 Å². The van der Waals surface area contributed by atoms with Crippen molar-refractivity contribution in [1.82, 2.24) is 10.2 Å². The van der Waals surface area contributed by atoms with Gasteiger partial charge < -0.3 is 15.0 Å². The van der Waals surface area contributed by atoms with Gasteiger partial charge in [0.25, 0.3) is 0 Å². The lowest BCUT2D eigenvalue weighted by molar-refractivity contribution is -0.00333. The average Bonchev–Trinajstić information content (AvgIpc) is 3.14. The summed E-state index contributed by atoms with van der Waals surface area (Å²) in [6.07, 6.45) is 8.18. The molecule has 0 bridgehead atoms. The minimum atomic E-state index is 0.507. The molecule has 3 nitrogen and oxygen atoms in total. The van der Waals surface area contributed by atoms with Gasteiger partial charge in [-0.3, -0.25) is 0 Å². The molecular formula is C14H28N2O. The van der Waals surface area contributed by atoms with Gasteiger partial charge in [-0.05, 0) is 39.2 Å². The van der Waals surface area contributed by atoms with Crippen molar-refractivity contribution in [1.29, 1.82) is 0 Å². The quantitative estimate of drug-likeness (QED) is 0.737. The van der Waals surface area contributed by atoms with Gasteiger partial charge in [0, 0.05) is 31.8 Å². The Hall–Kier alpha value is -0.120. The third kappa shape index (κ3) is 4.57. The molecule has 0 spiro atoms. The zero-order valence-corrected chi connectivity index (χ0v) is 11.5. The smallest absolute Gasteiger partial charge is 0.0589 e. The zero-order chi connectivity index (χ0) is 12.1. The molecule has 0 radical (unpaired) electrons. The van der Waals surface area contributed by atoms with Gasteiger partial charge in [0.2, 0.25) is 0 Å². The van der Waals surface area contributed by atoms with Gasteiger partial charge in [-0.25, -0.2) is 0 Å². The van der Waals surface area contributed by atoms with Crippen LogP contribution in [0, 0.1) is 0 Å². The minimum absolute atomic E-state index is 0.507. The van der Waals surface area contributed by atoms with E-state index in [1.807, 2.05) is 0 Å². The summed E-state index contributed by atoms with van der Waals surface area (Å²) < 4.78 is 5.77. The van der Waals surface area contributed by atoms with Gasteiger partial charge in [-0.15, -0.1) is 0 Å². The normalized spacial score (nSPS) is 29.8. The number of ether oxygens (including phenoxy) is 1. The first-order valence-corrected chi connectivity index (χ1v) is 7.34. The van der Waals surface area contributed by atoms with Gasteiger partial charge in [-0.1, -0.05) is 13.3 Å². The van der Waals surface area contributed by atoms with E-state index in [9.17, 15) is 0 Å². The highest BCUT2D eigenvalue weighted by atomic mass is 16.5. The number of nitrogens with one attached hydrogen (secondary N) is 1. The number of hydrogen-bond acceptors (Lipinski definition) is 3. The van der Waals surface area contributed by atoms with Crippen LogP contribution in [0.1, 0.15) is 45.4 Å². The molecule has 0 aromatic heterocycles. The van der Waals surface area contributed by atoms with Crippen LogP contribution in [-0.2, 0) is 4.74 Å². The highest BCUT2D eigenvalue weighted by molar-refractivity contribution is 4.83. The molecule has 2 rings (SSSR count). The molecule has 1 saturated heterocycles. The van der Waals surface area contributed by atoms with Crippen LogP contribution in [0.4, 0.5) is 0 Å². The van der Waals surface area contributed by atoms with Crippen molar-refractivity contribution in [2.45, 2.75) is 63.6 Å². The van der Waals surface area contributed by atoms with E-state index in [4.69, 9.17) is 4.74 Å². The molecule has 1 aliphatic heterocycles. The fourth-order valence-corrected chi connectivity index (χ4v) is 2.73. The van der Waals surface area contributed by atoms with Gasteiger partial charge >= 0.3 is 0 Å². The Morgan fingerprint density at radius 2 is 2.12 bits per heavy atom. The summed E-state index contributed by atoms with van der Waals surface area (Å²) in [5.74, 6) is 0. The van der Waals surface area contributed by atoms with Gasteiger partial charge in [0.15, 0.2) is 0 Å². The topological polar surface area (TPSA) is 24.5 Å². The zero-order valence-electron chi connectivity index (χ0n) is 11.5. The van der Waals surface area contributed by atoms with E-state index in [1.54, 1.807) is 0 Å². The predicted molar refractivity (Wildman–Crippen MR) is 71.3 cm³/mol. The van der Waals surface area contributed by atoms with Crippen LogP contribution in [0.15, 0.2) is 0 Å². The molecule has 3 heteroatoms. The molecular weight excluding hydrogens is 212 g/mol. The summed E-state index contributed by atoms with van der Waals surface area (Å²) in [7, 11) is 2.25. The monoisotopic (exact) mass is 240 g/mol. The molecule has 2 fully saturated rings. The predicted octanol–water partition coefficient (Wildman–Crippen LogP) is 2.02. The summed E-state index contributed by atoms with van der Waals surface area (Å²) >= 11 is 0. The van der Waals surface area contributed by atoms with Crippen LogP contribution in [0.2, 0.25) is 0 Å². The minimum Gasteiger partial charge on any atom is -0.378 e. The molecule has 17 heavy (non-hydrogen) atoms. The number of rotatable bonds is 7. The lowest BCUT2D eigenvalue weighted by Gasteiger charge is -2.30.